The molecule has 0 saturated heterocycles. The normalized spacial score (nSPS) is 14.2. The van der Waals surface area contributed by atoms with E-state index in [2.05, 4.69) is 275 Å². The summed E-state index contributed by atoms with van der Waals surface area (Å²) in [7, 11) is 0. The number of hydrogen-bond donors (Lipinski definition) is 0. The van der Waals surface area contributed by atoms with Crippen LogP contribution in [0.4, 0.5) is 34.1 Å². The van der Waals surface area contributed by atoms with Crippen LogP contribution in [0.1, 0.15) is 22.3 Å². The molecule has 1 aromatic heterocycles. The van der Waals surface area contributed by atoms with Crippen LogP contribution in [0, 0.1) is 0 Å². The van der Waals surface area contributed by atoms with Crippen molar-refractivity contribution in [3.8, 4) is 27.9 Å². The third-order valence-corrected chi connectivity index (χ3v) is 14.5. The Labute approximate surface area is 395 Å². The highest BCUT2D eigenvalue weighted by Gasteiger charge is 2.53. The average molecular weight is 866 g/mol. The summed E-state index contributed by atoms with van der Waals surface area (Å²) in [6, 6.07) is 96.1. The maximum absolute atomic E-state index is 2.51. The van der Waals surface area contributed by atoms with E-state index in [-0.39, 0.29) is 0 Å². The summed E-state index contributed by atoms with van der Waals surface area (Å²) in [5.74, 6) is 0. The topological polar surface area (TPSA) is 11.4 Å². The van der Waals surface area contributed by atoms with Gasteiger partial charge in [-0.25, -0.2) is 0 Å². The molecule has 0 amide bonds. The van der Waals surface area contributed by atoms with Crippen LogP contribution in [-0.2, 0) is 5.41 Å². The van der Waals surface area contributed by atoms with Crippen molar-refractivity contribution < 1.29 is 0 Å². The first-order valence-corrected chi connectivity index (χ1v) is 23.5. The summed E-state index contributed by atoms with van der Waals surface area (Å²) in [6.45, 7) is 0. The van der Waals surface area contributed by atoms with Gasteiger partial charge in [0.05, 0.1) is 22.1 Å². The third kappa shape index (κ3) is 5.47. The van der Waals surface area contributed by atoms with Crippen molar-refractivity contribution >= 4 is 66.7 Å². The van der Waals surface area contributed by atoms with Crippen LogP contribution in [0.3, 0.4) is 0 Å². The van der Waals surface area contributed by atoms with Gasteiger partial charge in [0.15, 0.2) is 0 Å². The molecule has 1 unspecified atom stereocenters. The SMILES string of the molecule is c1ccc(N(c2ccc3c(c2)C2(c4ccccc4-3)c3ccccc3-c3c(N(c4ccccc4)c4ccccc4)cc4ccccc4c32)c2ccc3c(c2)c2ccccc2n3-c2ccccc2)cc1. The average Bonchev–Trinajstić information content (AvgIpc) is 4.02. The van der Waals surface area contributed by atoms with E-state index in [1.165, 1.54) is 77.1 Å². The fourth-order valence-electron chi connectivity index (χ4n) is 11.9. The molecule has 0 N–H and O–H groups in total. The van der Waals surface area contributed by atoms with Crippen molar-refractivity contribution in [1.29, 1.82) is 0 Å². The molecule has 0 radical (unpaired) electrons. The van der Waals surface area contributed by atoms with Gasteiger partial charge < -0.3 is 14.4 Å². The van der Waals surface area contributed by atoms with Gasteiger partial charge in [-0.3, -0.25) is 0 Å². The zero-order valence-electron chi connectivity index (χ0n) is 37.2. The Morgan fingerprint density at radius 1 is 0.309 bits per heavy atom. The number of benzene rings is 11. The van der Waals surface area contributed by atoms with Gasteiger partial charge in [-0.1, -0.05) is 170 Å². The molecule has 11 aromatic carbocycles. The number of rotatable bonds is 7. The summed E-state index contributed by atoms with van der Waals surface area (Å²) in [4.78, 5) is 4.91. The minimum atomic E-state index is -0.627. The fourth-order valence-corrected chi connectivity index (χ4v) is 11.9. The summed E-state index contributed by atoms with van der Waals surface area (Å²) >= 11 is 0. The summed E-state index contributed by atoms with van der Waals surface area (Å²) in [6.07, 6.45) is 0. The molecule has 14 rings (SSSR count). The molecule has 1 atom stereocenters. The van der Waals surface area contributed by atoms with E-state index < -0.39 is 5.41 Å². The van der Waals surface area contributed by atoms with Crippen molar-refractivity contribution in [3.05, 3.63) is 283 Å². The minimum Gasteiger partial charge on any atom is -0.310 e. The summed E-state index contributed by atoms with van der Waals surface area (Å²) in [5.41, 5.74) is 19.9. The van der Waals surface area contributed by atoms with E-state index in [1.807, 2.05) is 0 Å². The monoisotopic (exact) mass is 865 g/mol. The molecule has 12 aromatic rings. The molecule has 0 bridgehead atoms. The Hall–Kier alpha value is -8.92. The molecule has 68 heavy (non-hydrogen) atoms. The lowest BCUT2D eigenvalue weighted by Gasteiger charge is -2.34. The molecular weight excluding hydrogens is 823 g/mol. The molecule has 2 aliphatic rings. The highest BCUT2D eigenvalue weighted by molar-refractivity contribution is 6.12. The highest BCUT2D eigenvalue weighted by Crippen LogP contribution is 2.66. The molecule has 1 spiro atoms. The van der Waals surface area contributed by atoms with Crippen molar-refractivity contribution in [2.24, 2.45) is 0 Å². The van der Waals surface area contributed by atoms with E-state index in [1.54, 1.807) is 0 Å². The van der Waals surface area contributed by atoms with E-state index >= 15 is 0 Å². The lowest BCUT2D eigenvalue weighted by atomic mass is 9.69. The maximum atomic E-state index is 2.51. The minimum absolute atomic E-state index is 0.627. The molecule has 0 aliphatic heterocycles. The lowest BCUT2D eigenvalue weighted by Crippen LogP contribution is -2.27. The number of fused-ring (bicyclic) bond motifs is 15. The number of anilines is 6. The van der Waals surface area contributed by atoms with Crippen LogP contribution in [0.5, 0.6) is 0 Å². The Balaban J connectivity index is 1.06. The molecule has 0 fully saturated rings. The van der Waals surface area contributed by atoms with Crippen LogP contribution in [0.15, 0.2) is 261 Å². The van der Waals surface area contributed by atoms with Crippen LogP contribution >= 0.6 is 0 Å². The summed E-state index contributed by atoms with van der Waals surface area (Å²) in [5, 5.41) is 4.91. The van der Waals surface area contributed by atoms with Crippen LogP contribution in [0.25, 0.3) is 60.5 Å². The van der Waals surface area contributed by atoms with Crippen LogP contribution in [0.2, 0.25) is 0 Å². The van der Waals surface area contributed by atoms with Crippen LogP contribution < -0.4 is 9.80 Å². The van der Waals surface area contributed by atoms with Crippen molar-refractivity contribution in [1.82, 2.24) is 4.57 Å². The zero-order chi connectivity index (χ0) is 44.8. The number of nitrogens with zero attached hydrogens (tertiary/aromatic N) is 3. The number of aromatic nitrogens is 1. The first kappa shape index (κ1) is 38.4. The molecule has 0 saturated carbocycles. The molecular formula is C65H43N3. The first-order chi connectivity index (χ1) is 33.8. The predicted molar refractivity (Wildman–Crippen MR) is 284 cm³/mol. The van der Waals surface area contributed by atoms with Gasteiger partial charge in [-0.15, -0.1) is 0 Å². The Kier molecular flexibility index (Phi) is 8.50. The molecule has 318 valence electrons. The lowest BCUT2D eigenvalue weighted by molar-refractivity contribution is 0.801. The second-order valence-corrected chi connectivity index (χ2v) is 18.0. The van der Waals surface area contributed by atoms with Gasteiger partial charge in [0.25, 0.3) is 0 Å². The number of hydrogen-bond acceptors (Lipinski definition) is 2. The van der Waals surface area contributed by atoms with Crippen molar-refractivity contribution in [2.75, 3.05) is 9.80 Å². The van der Waals surface area contributed by atoms with Gasteiger partial charge in [0.1, 0.15) is 0 Å². The van der Waals surface area contributed by atoms with Gasteiger partial charge in [-0.2, -0.15) is 0 Å². The molecule has 3 nitrogen and oxygen atoms in total. The highest BCUT2D eigenvalue weighted by atomic mass is 15.2. The van der Waals surface area contributed by atoms with Gasteiger partial charge in [0, 0.05) is 50.5 Å². The predicted octanol–water partition coefficient (Wildman–Crippen LogP) is 17.2. The standard InChI is InChI=1S/C65H43N3/c1-5-22-45(23-6-1)66(49-38-40-61-56(42-49)54-32-17-20-36-60(54)68(61)48-28-11-4-12-29-48)50-37-39-53-52-31-15-18-34-57(52)65(59(53)43-50)58-35-19-16-33-55(58)63-62(41-44-21-13-14-30-51(44)64(63)65)67(46-24-7-2-8-25-46)47-26-9-3-10-27-47/h1-43H. The van der Waals surface area contributed by atoms with Crippen molar-refractivity contribution in [2.45, 2.75) is 5.41 Å². The van der Waals surface area contributed by atoms with Gasteiger partial charge >= 0.3 is 0 Å². The second kappa shape index (κ2) is 15.1. The zero-order valence-corrected chi connectivity index (χ0v) is 37.2. The van der Waals surface area contributed by atoms with Crippen molar-refractivity contribution in [3.63, 3.8) is 0 Å². The van der Waals surface area contributed by atoms with Gasteiger partial charge in [-0.05, 0) is 141 Å². The van der Waals surface area contributed by atoms with E-state index in [0.717, 1.165) is 39.8 Å². The van der Waals surface area contributed by atoms with Gasteiger partial charge in [0.2, 0.25) is 0 Å². The van der Waals surface area contributed by atoms with E-state index in [0.29, 0.717) is 0 Å². The quantitative estimate of drug-likeness (QED) is 0.158. The van der Waals surface area contributed by atoms with E-state index in [4.69, 9.17) is 0 Å². The van der Waals surface area contributed by atoms with E-state index in [9.17, 15) is 0 Å². The number of para-hydroxylation sites is 5. The third-order valence-electron chi connectivity index (χ3n) is 14.5. The maximum Gasteiger partial charge on any atom is 0.0733 e. The fraction of sp³-hybridized carbons (Fsp3) is 0.0154. The Bertz CT molecular complexity index is 3870. The molecule has 1 heterocycles. The summed E-state index contributed by atoms with van der Waals surface area (Å²) < 4.78 is 2.39. The Morgan fingerprint density at radius 3 is 1.51 bits per heavy atom. The van der Waals surface area contributed by atoms with Crippen LogP contribution in [-0.4, -0.2) is 4.57 Å². The largest absolute Gasteiger partial charge is 0.310 e. The smallest absolute Gasteiger partial charge is 0.0733 e. The first-order valence-electron chi connectivity index (χ1n) is 23.5. The molecule has 3 heteroatoms. The molecule has 2 aliphatic carbocycles. The Morgan fingerprint density at radius 2 is 0.809 bits per heavy atom. The second-order valence-electron chi connectivity index (χ2n) is 18.0.